The van der Waals surface area contributed by atoms with Crippen molar-refractivity contribution in [1.29, 1.82) is 0 Å². The summed E-state index contributed by atoms with van der Waals surface area (Å²) in [4.78, 5) is 26.7. The largest absolute Gasteiger partial charge is 0.464 e. The lowest BCUT2D eigenvalue weighted by atomic mass is 10.2. The fourth-order valence-corrected chi connectivity index (χ4v) is 1.12. The summed E-state index contributed by atoms with van der Waals surface area (Å²) in [6, 6.07) is 0. The summed E-state index contributed by atoms with van der Waals surface area (Å²) in [5, 5.41) is 11.9. The quantitative estimate of drug-likeness (QED) is 0.703. The SMILES string of the molecule is CC(C)(C)OC(=O)NCCC1=CN(C(=O)O)NO1. The molecule has 2 amide bonds. The molecule has 0 unspecified atom stereocenters. The Labute approximate surface area is 104 Å². The number of alkyl carbamates (subject to hydrolysis) is 1. The Hall–Kier alpha value is -1.96. The van der Waals surface area contributed by atoms with E-state index in [0.29, 0.717) is 12.2 Å². The molecule has 0 atom stereocenters. The average Bonchev–Trinajstić information content (AvgIpc) is 2.63. The third-order valence-corrected chi connectivity index (χ3v) is 1.79. The molecule has 0 bridgehead atoms. The van der Waals surface area contributed by atoms with Crippen LogP contribution in [0.5, 0.6) is 0 Å². The molecular weight excluding hydrogens is 242 g/mol. The van der Waals surface area contributed by atoms with Crippen LogP contribution in [0.25, 0.3) is 0 Å². The Bertz CT molecular complexity index is 361. The summed E-state index contributed by atoms with van der Waals surface area (Å²) in [6.45, 7) is 5.59. The van der Waals surface area contributed by atoms with Crippen molar-refractivity contribution in [1.82, 2.24) is 15.9 Å². The maximum absolute atomic E-state index is 11.3. The van der Waals surface area contributed by atoms with Gasteiger partial charge in [0.15, 0.2) is 0 Å². The van der Waals surface area contributed by atoms with Crippen LogP contribution in [0.4, 0.5) is 9.59 Å². The first-order valence-corrected chi connectivity index (χ1v) is 5.40. The van der Waals surface area contributed by atoms with Crippen molar-refractivity contribution >= 4 is 12.2 Å². The zero-order valence-corrected chi connectivity index (χ0v) is 10.5. The molecule has 0 aromatic heterocycles. The highest BCUT2D eigenvalue weighted by Crippen LogP contribution is 2.10. The van der Waals surface area contributed by atoms with Gasteiger partial charge in [-0.25, -0.2) is 9.59 Å². The first-order chi connectivity index (χ1) is 8.28. The Balaban J connectivity index is 2.25. The zero-order valence-electron chi connectivity index (χ0n) is 10.5. The highest BCUT2D eigenvalue weighted by atomic mass is 16.7. The average molecular weight is 259 g/mol. The number of ether oxygens (including phenoxy) is 1. The first kappa shape index (κ1) is 14.1. The standard InChI is InChI=1S/C10H17N3O5/c1-10(2,3)17-8(14)11-5-4-7-6-13(9(15)16)12-18-7/h6,12H,4-5H2,1-3H3,(H,11,14)(H,15,16). The predicted octanol–water partition coefficient (Wildman–Crippen LogP) is 1.17. The molecular formula is C10H17N3O5. The molecule has 0 saturated carbocycles. The van der Waals surface area contributed by atoms with Crippen molar-refractivity contribution in [2.24, 2.45) is 0 Å². The minimum absolute atomic E-state index is 0.288. The number of carbonyl (C=O) groups is 2. The number of rotatable bonds is 3. The lowest BCUT2D eigenvalue weighted by Crippen LogP contribution is -2.33. The second-order valence-corrected chi connectivity index (χ2v) is 4.62. The monoisotopic (exact) mass is 259 g/mol. The van der Waals surface area contributed by atoms with Gasteiger partial charge in [-0.3, -0.25) is 0 Å². The van der Waals surface area contributed by atoms with Gasteiger partial charge in [-0.1, -0.05) is 5.59 Å². The summed E-state index contributed by atoms with van der Waals surface area (Å²) in [5.74, 6) is 0.411. The minimum Gasteiger partial charge on any atom is -0.464 e. The van der Waals surface area contributed by atoms with Crippen LogP contribution in [0, 0.1) is 0 Å². The van der Waals surface area contributed by atoms with Crippen molar-refractivity contribution in [3.05, 3.63) is 12.0 Å². The van der Waals surface area contributed by atoms with Gasteiger partial charge < -0.3 is 20.0 Å². The molecule has 1 aliphatic heterocycles. The van der Waals surface area contributed by atoms with Crippen molar-refractivity contribution in [3.8, 4) is 0 Å². The molecule has 8 nitrogen and oxygen atoms in total. The number of hydrazine groups is 1. The van der Waals surface area contributed by atoms with Gasteiger partial charge in [0.25, 0.3) is 0 Å². The molecule has 8 heteroatoms. The number of nitrogens with zero attached hydrogens (tertiary/aromatic N) is 1. The minimum atomic E-state index is -1.18. The Morgan fingerprint density at radius 2 is 2.22 bits per heavy atom. The smallest absolute Gasteiger partial charge is 0.428 e. The van der Waals surface area contributed by atoms with Crippen LogP contribution >= 0.6 is 0 Å². The third-order valence-electron chi connectivity index (χ3n) is 1.79. The number of carboxylic acid groups (broad SMARTS) is 1. The molecule has 0 spiro atoms. The molecule has 0 aromatic carbocycles. The fraction of sp³-hybridized carbons (Fsp3) is 0.600. The van der Waals surface area contributed by atoms with E-state index in [1.165, 1.54) is 6.20 Å². The van der Waals surface area contributed by atoms with Gasteiger partial charge in [0.1, 0.15) is 11.4 Å². The maximum atomic E-state index is 11.3. The Kier molecular flexibility index (Phi) is 4.38. The number of nitrogens with one attached hydrogen (secondary N) is 2. The topological polar surface area (TPSA) is 100 Å². The van der Waals surface area contributed by atoms with E-state index < -0.39 is 17.8 Å². The molecule has 0 aromatic rings. The lowest BCUT2D eigenvalue weighted by molar-refractivity contribution is 0.0233. The first-order valence-electron chi connectivity index (χ1n) is 5.40. The molecule has 0 radical (unpaired) electrons. The summed E-state index contributed by atoms with van der Waals surface area (Å²) in [6.07, 6.45) is -0.0518. The normalized spacial score (nSPS) is 14.8. The molecule has 3 N–H and O–H groups in total. The molecule has 0 fully saturated rings. The van der Waals surface area contributed by atoms with Crippen LogP contribution < -0.4 is 10.9 Å². The van der Waals surface area contributed by atoms with E-state index in [-0.39, 0.29) is 6.54 Å². The second kappa shape index (κ2) is 5.58. The van der Waals surface area contributed by atoms with Crippen molar-refractivity contribution < 1.29 is 24.3 Å². The Morgan fingerprint density at radius 3 is 2.72 bits per heavy atom. The van der Waals surface area contributed by atoms with E-state index in [4.69, 9.17) is 14.7 Å². The van der Waals surface area contributed by atoms with Crippen LogP contribution in [0.1, 0.15) is 27.2 Å². The van der Waals surface area contributed by atoms with Crippen LogP contribution in [-0.2, 0) is 9.57 Å². The van der Waals surface area contributed by atoms with E-state index in [1.54, 1.807) is 20.8 Å². The molecule has 0 saturated heterocycles. The summed E-state index contributed by atoms with van der Waals surface area (Å²) in [7, 11) is 0. The Morgan fingerprint density at radius 1 is 1.56 bits per heavy atom. The zero-order chi connectivity index (χ0) is 13.8. The number of hydrogen-bond acceptors (Lipinski definition) is 5. The van der Waals surface area contributed by atoms with Crippen molar-refractivity contribution in [2.75, 3.05) is 6.54 Å². The van der Waals surface area contributed by atoms with Crippen molar-refractivity contribution in [2.45, 2.75) is 32.8 Å². The van der Waals surface area contributed by atoms with Crippen LogP contribution in [0.15, 0.2) is 12.0 Å². The van der Waals surface area contributed by atoms with Crippen molar-refractivity contribution in [3.63, 3.8) is 0 Å². The van der Waals surface area contributed by atoms with E-state index in [0.717, 1.165) is 5.01 Å². The molecule has 0 aliphatic carbocycles. The number of amides is 2. The highest BCUT2D eigenvalue weighted by molar-refractivity contribution is 5.67. The van der Waals surface area contributed by atoms with Gasteiger partial charge in [-0.05, 0) is 20.8 Å². The predicted molar refractivity (Wildman–Crippen MR) is 61.0 cm³/mol. The maximum Gasteiger partial charge on any atom is 0.428 e. The van der Waals surface area contributed by atoms with E-state index >= 15 is 0 Å². The van der Waals surface area contributed by atoms with Gasteiger partial charge in [0, 0.05) is 13.0 Å². The van der Waals surface area contributed by atoms with Crippen LogP contribution in [0.2, 0.25) is 0 Å². The van der Waals surface area contributed by atoms with Gasteiger partial charge in [0.05, 0.1) is 6.20 Å². The third kappa shape index (κ3) is 4.91. The molecule has 102 valence electrons. The summed E-state index contributed by atoms with van der Waals surface area (Å²) >= 11 is 0. The van der Waals surface area contributed by atoms with Gasteiger partial charge in [-0.15, -0.1) is 0 Å². The molecule has 1 heterocycles. The molecule has 1 aliphatic rings. The number of carbonyl (C=O) groups excluding carboxylic acids is 1. The number of hydrogen-bond donors (Lipinski definition) is 3. The second-order valence-electron chi connectivity index (χ2n) is 4.62. The highest BCUT2D eigenvalue weighted by Gasteiger charge is 2.19. The van der Waals surface area contributed by atoms with Gasteiger partial charge in [-0.2, -0.15) is 5.01 Å². The van der Waals surface area contributed by atoms with Crippen LogP contribution in [0.3, 0.4) is 0 Å². The molecule has 18 heavy (non-hydrogen) atoms. The summed E-state index contributed by atoms with van der Waals surface area (Å²) in [5.41, 5.74) is 1.63. The molecule has 1 rings (SSSR count). The summed E-state index contributed by atoms with van der Waals surface area (Å²) < 4.78 is 5.03. The van der Waals surface area contributed by atoms with Gasteiger partial charge >= 0.3 is 12.2 Å². The van der Waals surface area contributed by atoms with E-state index in [2.05, 4.69) is 10.9 Å². The van der Waals surface area contributed by atoms with Crippen LogP contribution in [-0.4, -0.2) is 34.4 Å². The van der Waals surface area contributed by atoms with Gasteiger partial charge in [0.2, 0.25) is 0 Å². The van der Waals surface area contributed by atoms with E-state index in [1.807, 2.05) is 0 Å². The lowest BCUT2D eigenvalue weighted by Gasteiger charge is -2.19. The van der Waals surface area contributed by atoms with E-state index in [9.17, 15) is 9.59 Å². The fourth-order valence-electron chi connectivity index (χ4n) is 1.12.